The molecule has 0 saturated carbocycles. The second-order valence-electron chi connectivity index (χ2n) is 6.16. The highest BCUT2D eigenvalue weighted by atomic mass is 35.5. The molecule has 0 amide bonds. The predicted octanol–water partition coefficient (Wildman–Crippen LogP) is 3.43. The molecule has 30 heavy (non-hydrogen) atoms. The largest absolute Gasteiger partial charge is 0.451 e. The minimum absolute atomic E-state index is 0.154. The Bertz CT molecular complexity index is 1180. The molecule has 0 N–H and O–H groups in total. The number of ether oxygens (including phenoxy) is 1. The van der Waals surface area contributed by atoms with Gasteiger partial charge in [0.2, 0.25) is 5.89 Å². The van der Waals surface area contributed by atoms with Gasteiger partial charge in [0.25, 0.3) is 5.89 Å². The van der Waals surface area contributed by atoms with Gasteiger partial charge < -0.3 is 9.15 Å². The molecule has 0 aliphatic carbocycles. The molecule has 0 spiro atoms. The summed E-state index contributed by atoms with van der Waals surface area (Å²) in [6.07, 6.45) is 1.64. The van der Waals surface area contributed by atoms with Crippen LogP contribution >= 0.6 is 11.6 Å². The smallest absolute Gasteiger partial charge is 0.357 e. The van der Waals surface area contributed by atoms with E-state index >= 15 is 0 Å². The van der Waals surface area contributed by atoms with Crippen LogP contribution in [0.2, 0.25) is 5.02 Å². The Kier molecular flexibility index (Phi) is 5.62. The maximum Gasteiger partial charge on any atom is 0.357 e. The van der Waals surface area contributed by atoms with Crippen LogP contribution in [0.5, 0.6) is 0 Å². The highest BCUT2D eigenvalue weighted by Gasteiger charge is 2.19. The Labute approximate surface area is 176 Å². The number of aromatic nitrogens is 6. The Morgan fingerprint density at radius 3 is 2.57 bits per heavy atom. The number of tetrazole rings is 1. The zero-order chi connectivity index (χ0) is 20.9. The quantitative estimate of drug-likeness (QED) is 0.343. The molecular formula is C20H15ClN6O3. The first-order valence-electron chi connectivity index (χ1n) is 8.88. The van der Waals surface area contributed by atoms with E-state index < -0.39 is 5.97 Å². The van der Waals surface area contributed by atoms with Gasteiger partial charge in [-0.25, -0.2) is 4.79 Å². The predicted molar refractivity (Wildman–Crippen MR) is 108 cm³/mol. The number of hydrogen-bond donors (Lipinski definition) is 0. The van der Waals surface area contributed by atoms with E-state index in [4.69, 9.17) is 20.8 Å². The summed E-state index contributed by atoms with van der Waals surface area (Å²) < 4.78 is 12.2. The summed E-state index contributed by atoms with van der Waals surface area (Å²) in [4.78, 5) is 12.8. The number of nitrogens with zero attached hydrogens (tertiary/aromatic N) is 6. The van der Waals surface area contributed by atoms with Gasteiger partial charge in [0, 0.05) is 10.6 Å². The second kappa shape index (κ2) is 8.66. The zero-order valence-electron chi connectivity index (χ0n) is 15.8. The summed E-state index contributed by atoms with van der Waals surface area (Å²) >= 11 is 5.88. The number of carbonyl (C=O) groups is 1. The van der Waals surface area contributed by atoms with Gasteiger partial charge in [0.15, 0.2) is 18.1 Å². The standard InChI is InChI=1S/C20H15ClN6O3/c1-13-22-25-26-27(13)17(11-14-5-3-2-4-6-14)20(28)29-12-18-23-24-19(30-18)15-7-9-16(21)10-8-15/h2-11H,12H2,1H3/b17-11-. The number of halogens is 1. The van der Waals surface area contributed by atoms with Gasteiger partial charge in [-0.3, -0.25) is 0 Å². The molecule has 0 aliphatic heterocycles. The van der Waals surface area contributed by atoms with Crippen LogP contribution in [0.25, 0.3) is 23.2 Å². The number of benzene rings is 2. The van der Waals surface area contributed by atoms with Gasteiger partial charge in [-0.2, -0.15) is 4.68 Å². The van der Waals surface area contributed by atoms with Crippen molar-refractivity contribution in [2.45, 2.75) is 13.5 Å². The lowest BCUT2D eigenvalue weighted by Crippen LogP contribution is -2.15. The highest BCUT2D eigenvalue weighted by molar-refractivity contribution is 6.30. The second-order valence-corrected chi connectivity index (χ2v) is 6.60. The fourth-order valence-electron chi connectivity index (χ4n) is 2.59. The normalized spacial score (nSPS) is 11.5. The van der Waals surface area contributed by atoms with Crippen molar-refractivity contribution in [1.82, 2.24) is 30.4 Å². The average molecular weight is 423 g/mol. The molecule has 2 aromatic heterocycles. The first-order valence-corrected chi connectivity index (χ1v) is 9.25. The van der Waals surface area contributed by atoms with Crippen LogP contribution in [-0.2, 0) is 16.1 Å². The van der Waals surface area contributed by atoms with Crippen LogP contribution in [0.1, 0.15) is 17.3 Å². The molecule has 2 aromatic carbocycles. The van der Waals surface area contributed by atoms with Crippen molar-refractivity contribution < 1.29 is 13.9 Å². The lowest BCUT2D eigenvalue weighted by Gasteiger charge is -2.07. The minimum Gasteiger partial charge on any atom is -0.451 e. The van der Waals surface area contributed by atoms with E-state index in [1.807, 2.05) is 30.3 Å². The van der Waals surface area contributed by atoms with E-state index in [1.165, 1.54) is 4.68 Å². The molecule has 150 valence electrons. The number of rotatable bonds is 6. The van der Waals surface area contributed by atoms with Crippen molar-refractivity contribution >= 4 is 29.3 Å². The maximum atomic E-state index is 12.8. The monoisotopic (exact) mass is 422 g/mol. The zero-order valence-corrected chi connectivity index (χ0v) is 16.5. The molecule has 0 unspecified atom stereocenters. The molecule has 0 bridgehead atoms. The van der Waals surface area contributed by atoms with Crippen molar-refractivity contribution in [3.8, 4) is 11.5 Å². The van der Waals surface area contributed by atoms with Crippen molar-refractivity contribution in [3.05, 3.63) is 76.9 Å². The number of aryl methyl sites for hydroxylation is 1. The third-order valence-corrected chi connectivity index (χ3v) is 4.30. The van der Waals surface area contributed by atoms with E-state index in [1.54, 1.807) is 37.3 Å². The Balaban J connectivity index is 1.52. The van der Waals surface area contributed by atoms with Crippen LogP contribution in [0.15, 0.2) is 59.0 Å². The first kappa shape index (κ1) is 19.5. The summed E-state index contributed by atoms with van der Waals surface area (Å²) in [5.41, 5.74) is 1.65. The summed E-state index contributed by atoms with van der Waals surface area (Å²) in [7, 11) is 0. The van der Waals surface area contributed by atoms with Crippen molar-refractivity contribution in [3.63, 3.8) is 0 Å². The van der Waals surface area contributed by atoms with Crippen LogP contribution in [0.4, 0.5) is 0 Å². The Hall–Kier alpha value is -3.85. The molecular weight excluding hydrogens is 408 g/mol. The lowest BCUT2D eigenvalue weighted by molar-refractivity contribution is -0.139. The van der Waals surface area contributed by atoms with Crippen LogP contribution < -0.4 is 0 Å². The maximum absolute atomic E-state index is 12.8. The lowest BCUT2D eigenvalue weighted by atomic mass is 10.2. The average Bonchev–Trinajstić information content (AvgIpc) is 3.41. The molecule has 9 nitrogen and oxygen atoms in total. The summed E-state index contributed by atoms with van der Waals surface area (Å²) in [5.74, 6) is 0.257. The molecule has 0 aliphatic rings. The first-order chi connectivity index (χ1) is 14.6. The molecule has 0 fully saturated rings. The van der Waals surface area contributed by atoms with Gasteiger partial charge in [-0.15, -0.1) is 15.3 Å². The van der Waals surface area contributed by atoms with Crippen molar-refractivity contribution in [2.75, 3.05) is 0 Å². The van der Waals surface area contributed by atoms with E-state index in [0.717, 1.165) is 5.56 Å². The van der Waals surface area contributed by atoms with Crippen LogP contribution in [0.3, 0.4) is 0 Å². The third kappa shape index (κ3) is 4.41. The van der Waals surface area contributed by atoms with Gasteiger partial charge in [0.05, 0.1) is 0 Å². The van der Waals surface area contributed by atoms with Gasteiger partial charge in [-0.1, -0.05) is 41.9 Å². The Morgan fingerprint density at radius 1 is 1.10 bits per heavy atom. The number of esters is 1. The highest BCUT2D eigenvalue weighted by Crippen LogP contribution is 2.21. The molecule has 4 aromatic rings. The molecule has 2 heterocycles. The summed E-state index contributed by atoms with van der Waals surface area (Å²) in [6.45, 7) is 1.48. The van der Waals surface area contributed by atoms with Crippen LogP contribution in [-0.4, -0.2) is 36.4 Å². The fraction of sp³-hybridized carbons (Fsp3) is 0.100. The number of hydrogen-bond acceptors (Lipinski definition) is 8. The van der Waals surface area contributed by atoms with Crippen molar-refractivity contribution in [2.24, 2.45) is 0 Å². The van der Waals surface area contributed by atoms with E-state index in [9.17, 15) is 4.79 Å². The van der Waals surface area contributed by atoms with Crippen LogP contribution in [0, 0.1) is 6.92 Å². The third-order valence-electron chi connectivity index (χ3n) is 4.05. The molecule has 0 radical (unpaired) electrons. The van der Waals surface area contributed by atoms with Crippen molar-refractivity contribution in [1.29, 1.82) is 0 Å². The fourth-order valence-corrected chi connectivity index (χ4v) is 2.72. The molecule has 0 atom stereocenters. The van der Waals surface area contributed by atoms with E-state index in [0.29, 0.717) is 22.3 Å². The summed E-state index contributed by atoms with van der Waals surface area (Å²) in [5, 5.41) is 19.8. The van der Waals surface area contributed by atoms with Gasteiger partial charge in [-0.05, 0) is 53.3 Å². The SMILES string of the molecule is Cc1nnnn1/C(=C\c1ccccc1)C(=O)OCc1nnc(-c2ccc(Cl)cc2)o1. The molecule has 10 heteroatoms. The molecule has 4 rings (SSSR count). The summed E-state index contributed by atoms with van der Waals surface area (Å²) in [6, 6.07) is 16.2. The Morgan fingerprint density at radius 2 is 1.87 bits per heavy atom. The molecule has 0 saturated heterocycles. The minimum atomic E-state index is -0.638. The van der Waals surface area contributed by atoms with E-state index in [2.05, 4.69) is 25.7 Å². The van der Waals surface area contributed by atoms with E-state index in [-0.39, 0.29) is 18.2 Å². The van der Waals surface area contributed by atoms with Gasteiger partial charge in [0.1, 0.15) is 0 Å². The van der Waals surface area contributed by atoms with Gasteiger partial charge >= 0.3 is 5.97 Å². The topological polar surface area (TPSA) is 109 Å². The number of carbonyl (C=O) groups excluding carboxylic acids is 1.